The second-order valence-corrected chi connectivity index (χ2v) is 6.67. The van der Waals surface area contributed by atoms with E-state index in [1.165, 1.54) is 42.0 Å². The molecule has 0 heterocycles. The highest BCUT2D eigenvalue weighted by Gasteiger charge is 2.27. The van der Waals surface area contributed by atoms with Crippen molar-refractivity contribution in [3.05, 3.63) is 48.0 Å². The minimum Gasteiger partial charge on any atom is -0.310 e. The van der Waals surface area contributed by atoms with Gasteiger partial charge in [0.05, 0.1) is 0 Å². The quantitative estimate of drug-likeness (QED) is 0.800. The lowest BCUT2D eigenvalue weighted by Gasteiger charge is -2.34. The van der Waals surface area contributed by atoms with E-state index in [4.69, 9.17) is 0 Å². The molecule has 3 rings (SSSR count). The molecule has 1 fully saturated rings. The fraction of sp³-hybridized carbons (Fsp3) is 0.500. The van der Waals surface area contributed by atoms with Crippen molar-refractivity contribution in [3.8, 4) is 0 Å². The molecule has 112 valence electrons. The molecule has 3 atom stereocenters. The molecule has 1 nitrogen and oxygen atoms in total. The monoisotopic (exact) mass is 281 g/mol. The summed E-state index contributed by atoms with van der Waals surface area (Å²) in [6.07, 6.45) is 5.54. The molecular weight excluding hydrogens is 254 g/mol. The van der Waals surface area contributed by atoms with Gasteiger partial charge in [0.1, 0.15) is 0 Å². The Labute approximate surface area is 128 Å². The molecule has 0 saturated heterocycles. The second-order valence-electron chi connectivity index (χ2n) is 6.67. The van der Waals surface area contributed by atoms with Gasteiger partial charge in [-0.1, -0.05) is 63.1 Å². The van der Waals surface area contributed by atoms with Crippen molar-refractivity contribution < 1.29 is 0 Å². The van der Waals surface area contributed by atoms with Crippen LogP contribution in [0.15, 0.2) is 42.5 Å². The molecule has 1 heteroatoms. The summed E-state index contributed by atoms with van der Waals surface area (Å²) in [7, 11) is 0. The normalized spacial score (nSPS) is 24.1. The summed E-state index contributed by atoms with van der Waals surface area (Å²) in [5.41, 5.74) is 1.47. The molecule has 21 heavy (non-hydrogen) atoms. The molecule has 1 saturated carbocycles. The minimum atomic E-state index is 0.516. The first-order valence-corrected chi connectivity index (χ1v) is 8.50. The first-order valence-electron chi connectivity index (χ1n) is 8.50. The Morgan fingerprint density at radius 2 is 1.90 bits per heavy atom. The minimum absolute atomic E-state index is 0.516. The van der Waals surface area contributed by atoms with Crippen LogP contribution in [0.5, 0.6) is 0 Å². The van der Waals surface area contributed by atoms with Crippen molar-refractivity contribution in [1.29, 1.82) is 0 Å². The van der Waals surface area contributed by atoms with Crippen LogP contribution < -0.4 is 5.32 Å². The molecule has 0 bridgehead atoms. The van der Waals surface area contributed by atoms with E-state index in [-0.39, 0.29) is 0 Å². The summed E-state index contributed by atoms with van der Waals surface area (Å²) >= 11 is 0. The van der Waals surface area contributed by atoms with Crippen molar-refractivity contribution in [3.63, 3.8) is 0 Å². The third-order valence-corrected chi connectivity index (χ3v) is 5.01. The van der Waals surface area contributed by atoms with Crippen LogP contribution in [0.4, 0.5) is 0 Å². The number of hydrogen-bond acceptors (Lipinski definition) is 1. The standard InChI is InChI=1S/C20H27N/c1-3-21-20(18-10-6-7-15(2)13-18)19-12-11-16-8-4-5-9-17(16)14-19/h4-5,8-9,11-12,14-15,18,20-21H,3,6-7,10,13H2,1-2H3. The van der Waals surface area contributed by atoms with Crippen LogP contribution >= 0.6 is 0 Å². The molecule has 0 amide bonds. The lowest BCUT2D eigenvalue weighted by molar-refractivity contribution is 0.225. The molecule has 0 aromatic heterocycles. The van der Waals surface area contributed by atoms with E-state index in [0.29, 0.717) is 6.04 Å². The molecule has 3 unspecified atom stereocenters. The van der Waals surface area contributed by atoms with E-state index in [0.717, 1.165) is 18.4 Å². The van der Waals surface area contributed by atoms with Crippen LogP contribution in [0.2, 0.25) is 0 Å². The Hall–Kier alpha value is -1.34. The van der Waals surface area contributed by atoms with E-state index >= 15 is 0 Å². The molecule has 1 aliphatic rings. The number of hydrogen-bond donors (Lipinski definition) is 1. The zero-order chi connectivity index (χ0) is 14.7. The van der Waals surface area contributed by atoms with E-state index in [1.807, 2.05) is 0 Å². The van der Waals surface area contributed by atoms with Crippen LogP contribution in [0.25, 0.3) is 10.8 Å². The van der Waals surface area contributed by atoms with E-state index < -0.39 is 0 Å². The van der Waals surface area contributed by atoms with Crippen molar-refractivity contribution in [1.82, 2.24) is 5.32 Å². The molecule has 2 aromatic carbocycles. The summed E-state index contributed by atoms with van der Waals surface area (Å²) in [6.45, 7) is 5.68. The maximum atomic E-state index is 3.75. The molecule has 1 aliphatic carbocycles. The third kappa shape index (κ3) is 3.29. The SMILES string of the molecule is CCNC(c1ccc2ccccc2c1)C1CCCC(C)C1. The highest BCUT2D eigenvalue weighted by molar-refractivity contribution is 5.83. The average Bonchev–Trinajstić information content (AvgIpc) is 2.52. The zero-order valence-electron chi connectivity index (χ0n) is 13.3. The van der Waals surface area contributed by atoms with Gasteiger partial charge in [0.15, 0.2) is 0 Å². The van der Waals surface area contributed by atoms with Gasteiger partial charge >= 0.3 is 0 Å². The lowest BCUT2D eigenvalue weighted by atomic mass is 9.76. The molecule has 0 spiro atoms. The highest BCUT2D eigenvalue weighted by atomic mass is 14.9. The third-order valence-electron chi connectivity index (χ3n) is 5.01. The van der Waals surface area contributed by atoms with Crippen molar-refractivity contribution in [2.75, 3.05) is 6.54 Å². The largest absolute Gasteiger partial charge is 0.310 e. The smallest absolute Gasteiger partial charge is 0.0348 e. The fourth-order valence-corrected chi connectivity index (χ4v) is 3.96. The first kappa shape index (κ1) is 14.6. The maximum absolute atomic E-state index is 3.75. The number of benzene rings is 2. The predicted octanol–water partition coefficient (Wildman–Crippen LogP) is 5.32. The van der Waals surface area contributed by atoms with Gasteiger partial charge in [-0.3, -0.25) is 0 Å². The molecule has 0 aliphatic heterocycles. The number of nitrogens with one attached hydrogen (secondary N) is 1. The molecular formula is C20H27N. The van der Waals surface area contributed by atoms with Crippen LogP contribution in [0.1, 0.15) is 51.1 Å². The van der Waals surface area contributed by atoms with E-state index in [2.05, 4.69) is 61.6 Å². The van der Waals surface area contributed by atoms with Gasteiger partial charge in [0, 0.05) is 6.04 Å². The first-order chi connectivity index (χ1) is 10.3. The Morgan fingerprint density at radius 3 is 2.67 bits per heavy atom. The molecule has 2 aromatic rings. The van der Waals surface area contributed by atoms with Gasteiger partial charge in [-0.05, 0) is 53.6 Å². The van der Waals surface area contributed by atoms with Gasteiger partial charge in [0.2, 0.25) is 0 Å². The Balaban J connectivity index is 1.90. The molecule has 1 N–H and O–H groups in total. The van der Waals surface area contributed by atoms with Gasteiger partial charge < -0.3 is 5.32 Å². The van der Waals surface area contributed by atoms with Crippen molar-refractivity contribution >= 4 is 10.8 Å². The van der Waals surface area contributed by atoms with Crippen LogP contribution in [-0.4, -0.2) is 6.54 Å². The van der Waals surface area contributed by atoms with Gasteiger partial charge in [-0.15, -0.1) is 0 Å². The topological polar surface area (TPSA) is 12.0 Å². The number of rotatable bonds is 4. The lowest BCUT2D eigenvalue weighted by Crippen LogP contribution is -2.31. The van der Waals surface area contributed by atoms with Gasteiger partial charge in [-0.25, -0.2) is 0 Å². The summed E-state index contributed by atoms with van der Waals surface area (Å²) in [4.78, 5) is 0. The van der Waals surface area contributed by atoms with E-state index in [9.17, 15) is 0 Å². The molecule has 0 radical (unpaired) electrons. The second kappa shape index (κ2) is 6.62. The van der Waals surface area contributed by atoms with Crippen LogP contribution in [-0.2, 0) is 0 Å². The van der Waals surface area contributed by atoms with E-state index in [1.54, 1.807) is 0 Å². The van der Waals surface area contributed by atoms with Crippen LogP contribution in [0.3, 0.4) is 0 Å². The van der Waals surface area contributed by atoms with Crippen molar-refractivity contribution in [2.24, 2.45) is 11.8 Å². The van der Waals surface area contributed by atoms with Crippen LogP contribution in [0, 0.1) is 11.8 Å². The summed E-state index contributed by atoms with van der Waals surface area (Å²) in [6, 6.07) is 16.2. The average molecular weight is 281 g/mol. The Bertz CT molecular complexity index is 589. The zero-order valence-corrected chi connectivity index (χ0v) is 13.3. The summed E-state index contributed by atoms with van der Waals surface area (Å²) < 4.78 is 0. The summed E-state index contributed by atoms with van der Waals surface area (Å²) in [5.74, 6) is 1.67. The van der Waals surface area contributed by atoms with Gasteiger partial charge in [0.25, 0.3) is 0 Å². The number of fused-ring (bicyclic) bond motifs is 1. The Morgan fingerprint density at radius 1 is 1.10 bits per heavy atom. The fourth-order valence-electron chi connectivity index (χ4n) is 3.96. The maximum Gasteiger partial charge on any atom is 0.0348 e. The predicted molar refractivity (Wildman–Crippen MR) is 91.5 cm³/mol. The van der Waals surface area contributed by atoms with Gasteiger partial charge in [-0.2, -0.15) is 0 Å². The highest BCUT2D eigenvalue weighted by Crippen LogP contribution is 2.37. The van der Waals surface area contributed by atoms with Crippen molar-refractivity contribution in [2.45, 2.75) is 45.6 Å². The Kier molecular flexibility index (Phi) is 4.60. The summed E-state index contributed by atoms with van der Waals surface area (Å²) in [5, 5.41) is 6.46.